The van der Waals surface area contributed by atoms with Crippen LogP contribution in [-0.2, 0) is 9.47 Å². The van der Waals surface area contributed by atoms with Gasteiger partial charge in [-0.05, 0) is 13.8 Å². The van der Waals surface area contributed by atoms with E-state index < -0.39 is 18.7 Å². The molecule has 0 amide bonds. The Labute approximate surface area is 71.5 Å². The van der Waals surface area contributed by atoms with Crippen molar-refractivity contribution >= 4 is 0 Å². The SMILES string of the molecule is CC(O)OCC(O)COC(C)O. The molecule has 2 unspecified atom stereocenters. The molecule has 0 saturated carbocycles. The third-order valence-electron chi connectivity index (χ3n) is 1.06. The van der Waals surface area contributed by atoms with E-state index in [-0.39, 0.29) is 13.2 Å². The zero-order valence-corrected chi connectivity index (χ0v) is 7.30. The van der Waals surface area contributed by atoms with Crippen LogP contribution in [0.1, 0.15) is 13.8 Å². The highest BCUT2D eigenvalue weighted by Gasteiger charge is 2.07. The molecule has 2 atom stereocenters. The molecule has 0 aliphatic carbocycles. The molecule has 0 aliphatic heterocycles. The van der Waals surface area contributed by atoms with Crippen molar-refractivity contribution in [3.8, 4) is 0 Å². The topological polar surface area (TPSA) is 79.2 Å². The fraction of sp³-hybridized carbons (Fsp3) is 1.00. The molecule has 5 nitrogen and oxygen atoms in total. The van der Waals surface area contributed by atoms with Crippen LogP contribution in [0.2, 0.25) is 0 Å². The lowest BCUT2D eigenvalue weighted by atomic mass is 10.4. The van der Waals surface area contributed by atoms with E-state index in [1.165, 1.54) is 13.8 Å². The van der Waals surface area contributed by atoms with Crippen LogP contribution >= 0.6 is 0 Å². The molecule has 0 fully saturated rings. The van der Waals surface area contributed by atoms with Crippen molar-refractivity contribution in [2.24, 2.45) is 0 Å². The summed E-state index contributed by atoms with van der Waals surface area (Å²) < 4.78 is 9.36. The Morgan fingerprint density at radius 1 is 0.917 bits per heavy atom. The first-order valence-electron chi connectivity index (χ1n) is 3.79. The largest absolute Gasteiger partial charge is 0.388 e. The van der Waals surface area contributed by atoms with Crippen LogP contribution in [0.25, 0.3) is 0 Å². The van der Waals surface area contributed by atoms with Gasteiger partial charge >= 0.3 is 0 Å². The summed E-state index contributed by atoms with van der Waals surface area (Å²) in [4.78, 5) is 0. The Hall–Kier alpha value is -0.200. The van der Waals surface area contributed by atoms with Crippen molar-refractivity contribution in [1.82, 2.24) is 0 Å². The normalized spacial score (nSPS) is 18.8. The summed E-state index contributed by atoms with van der Waals surface area (Å²) in [6.45, 7) is 2.87. The summed E-state index contributed by atoms with van der Waals surface area (Å²) in [7, 11) is 0. The fourth-order valence-electron chi connectivity index (χ4n) is 0.549. The highest BCUT2D eigenvalue weighted by molar-refractivity contribution is 4.51. The van der Waals surface area contributed by atoms with Gasteiger partial charge in [0.1, 0.15) is 6.10 Å². The van der Waals surface area contributed by atoms with Gasteiger partial charge in [-0.25, -0.2) is 0 Å². The van der Waals surface area contributed by atoms with Gasteiger partial charge in [-0.3, -0.25) is 0 Å². The van der Waals surface area contributed by atoms with Crippen LogP contribution in [0.4, 0.5) is 0 Å². The van der Waals surface area contributed by atoms with Gasteiger partial charge in [0.2, 0.25) is 0 Å². The Bertz CT molecular complexity index is 92.0. The van der Waals surface area contributed by atoms with Gasteiger partial charge in [0.15, 0.2) is 12.6 Å². The van der Waals surface area contributed by atoms with Gasteiger partial charge in [-0.1, -0.05) is 0 Å². The summed E-state index contributed by atoms with van der Waals surface area (Å²) in [5, 5.41) is 26.4. The Morgan fingerprint density at radius 2 is 1.25 bits per heavy atom. The summed E-state index contributed by atoms with van der Waals surface area (Å²) in [5.41, 5.74) is 0. The van der Waals surface area contributed by atoms with Crippen molar-refractivity contribution < 1.29 is 24.8 Å². The number of ether oxygens (including phenoxy) is 2. The maximum absolute atomic E-state index is 9.07. The van der Waals surface area contributed by atoms with Crippen LogP contribution in [-0.4, -0.2) is 47.2 Å². The molecule has 3 N–H and O–H groups in total. The van der Waals surface area contributed by atoms with E-state index in [1.54, 1.807) is 0 Å². The quantitative estimate of drug-likeness (QED) is 0.460. The lowest BCUT2D eigenvalue weighted by Crippen LogP contribution is -2.26. The van der Waals surface area contributed by atoms with Crippen LogP contribution in [0.5, 0.6) is 0 Å². The van der Waals surface area contributed by atoms with E-state index in [2.05, 4.69) is 9.47 Å². The molecule has 0 aliphatic rings. The van der Waals surface area contributed by atoms with Crippen molar-refractivity contribution in [2.75, 3.05) is 13.2 Å². The lowest BCUT2D eigenvalue weighted by Gasteiger charge is -2.14. The molecule has 0 spiro atoms. The smallest absolute Gasteiger partial charge is 0.151 e. The van der Waals surface area contributed by atoms with Crippen molar-refractivity contribution in [2.45, 2.75) is 32.5 Å². The number of aliphatic hydroxyl groups is 3. The molecule has 74 valence electrons. The monoisotopic (exact) mass is 180 g/mol. The molecule has 0 radical (unpaired) electrons. The second kappa shape index (κ2) is 6.33. The number of hydrogen-bond donors (Lipinski definition) is 3. The van der Waals surface area contributed by atoms with Gasteiger partial charge in [0.05, 0.1) is 13.2 Å². The Kier molecular flexibility index (Phi) is 6.23. The average Bonchev–Trinajstić information content (AvgIpc) is 1.96. The van der Waals surface area contributed by atoms with Crippen LogP contribution < -0.4 is 0 Å². The molecule has 12 heavy (non-hydrogen) atoms. The van der Waals surface area contributed by atoms with Gasteiger partial charge in [0.25, 0.3) is 0 Å². The summed E-state index contributed by atoms with van der Waals surface area (Å²) in [5.74, 6) is 0. The summed E-state index contributed by atoms with van der Waals surface area (Å²) in [6, 6.07) is 0. The fourth-order valence-corrected chi connectivity index (χ4v) is 0.549. The highest BCUT2D eigenvalue weighted by atomic mass is 16.6. The number of rotatable bonds is 6. The van der Waals surface area contributed by atoms with Gasteiger partial charge in [0, 0.05) is 0 Å². The third kappa shape index (κ3) is 7.90. The van der Waals surface area contributed by atoms with E-state index in [0.29, 0.717) is 0 Å². The zero-order valence-electron chi connectivity index (χ0n) is 7.30. The molecular formula is C7H16O5. The molecular weight excluding hydrogens is 164 g/mol. The van der Waals surface area contributed by atoms with E-state index in [0.717, 1.165) is 0 Å². The first-order chi connectivity index (χ1) is 5.52. The van der Waals surface area contributed by atoms with Crippen molar-refractivity contribution in [3.63, 3.8) is 0 Å². The first kappa shape index (κ1) is 11.8. The minimum absolute atomic E-state index is 0.00954. The second-order valence-corrected chi connectivity index (χ2v) is 2.52. The molecule has 0 bridgehead atoms. The van der Waals surface area contributed by atoms with E-state index >= 15 is 0 Å². The predicted molar refractivity (Wildman–Crippen MR) is 41.3 cm³/mol. The average molecular weight is 180 g/mol. The molecule has 0 saturated heterocycles. The van der Waals surface area contributed by atoms with Gasteiger partial charge in [-0.15, -0.1) is 0 Å². The zero-order chi connectivity index (χ0) is 9.56. The lowest BCUT2D eigenvalue weighted by molar-refractivity contribution is -0.145. The van der Waals surface area contributed by atoms with E-state index in [4.69, 9.17) is 15.3 Å². The first-order valence-corrected chi connectivity index (χ1v) is 3.79. The van der Waals surface area contributed by atoms with Gasteiger partial charge in [-0.2, -0.15) is 0 Å². The van der Waals surface area contributed by atoms with Crippen molar-refractivity contribution in [1.29, 1.82) is 0 Å². The molecule has 0 rings (SSSR count). The van der Waals surface area contributed by atoms with Crippen LogP contribution in [0.3, 0.4) is 0 Å². The summed E-state index contributed by atoms with van der Waals surface area (Å²) >= 11 is 0. The molecule has 0 aromatic rings. The standard InChI is InChI=1S/C7H16O5/c1-5(8)11-3-7(10)4-12-6(2)9/h5-10H,3-4H2,1-2H3. The highest BCUT2D eigenvalue weighted by Crippen LogP contribution is 1.93. The minimum atomic E-state index is -0.897. The molecule has 5 heteroatoms. The molecule has 0 heterocycles. The predicted octanol–water partition coefficient (Wildman–Crippen LogP) is -0.943. The second-order valence-electron chi connectivity index (χ2n) is 2.52. The molecule has 0 aromatic heterocycles. The third-order valence-corrected chi connectivity index (χ3v) is 1.06. The Morgan fingerprint density at radius 3 is 1.50 bits per heavy atom. The molecule has 0 aromatic carbocycles. The van der Waals surface area contributed by atoms with Crippen LogP contribution in [0.15, 0.2) is 0 Å². The van der Waals surface area contributed by atoms with Crippen LogP contribution in [0, 0.1) is 0 Å². The van der Waals surface area contributed by atoms with E-state index in [9.17, 15) is 0 Å². The maximum Gasteiger partial charge on any atom is 0.151 e. The summed E-state index contributed by atoms with van der Waals surface area (Å²) in [6.07, 6.45) is -2.62. The number of hydrogen-bond acceptors (Lipinski definition) is 5. The van der Waals surface area contributed by atoms with E-state index in [1.807, 2.05) is 0 Å². The maximum atomic E-state index is 9.07. The van der Waals surface area contributed by atoms with Crippen molar-refractivity contribution in [3.05, 3.63) is 0 Å². The minimum Gasteiger partial charge on any atom is -0.388 e. The number of aliphatic hydroxyl groups excluding tert-OH is 3. The Balaban J connectivity index is 3.27. The van der Waals surface area contributed by atoms with Gasteiger partial charge < -0.3 is 24.8 Å².